The Labute approximate surface area is 98.2 Å². The van der Waals surface area contributed by atoms with E-state index in [-0.39, 0.29) is 100.0 Å². The molecule has 0 saturated heterocycles. The van der Waals surface area contributed by atoms with Crippen molar-refractivity contribution in [2.24, 2.45) is 0 Å². The Kier molecular flexibility index (Phi) is 224. The first-order valence-electron chi connectivity index (χ1n) is 0. The third-order valence-corrected chi connectivity index (χ3v) is 0. The van der Waals surface area contributed by atoms with E-state index in [1.54, 1.807) is 0 Å². The Morgan fingerprint density at radius 1 is 1.00 bits per heavy atom. The molecule has 0 rings (SSSR count). The average Bonchev–Trinajstić information content (AvgIpc) is 0. The smallest absolute Gasteiger partial charge is 0 e. The van der Waals surface area contributed by atoms with Gasteiger partial charge in [-0.1, -0.05) is 0 Å². The van der Waals surface area contributed by atoms with Crippen molar-refractivity contribution in [3.05, 3.63) is 0 Å². The summed E-state index contributed by atoms with van der Waals surface area (Å²) in [6.07, 6.45) is 0. The quantitative estimate of drug-likeness (QED) is 0.355. The fraction of sp³-hybridized carbons (Fsp3) is 0. The molecule has 0 spiro atoms. The van der Waals surface area contributed by atoms with Crippen LogP contribution < -0.4 is 0 Å². The maximum atomic E-state index is 0. The first-order chi connectivity index (χ1) is 0. The first kappa shape index (κ1) is 41.4. The summed E-state index contributed by atoms with van der Waals surface area (Å²) >= 11 is 0. The SMILES string of the molecule is [Co].[Cr].[Nb].[Pt].[Ta]. The molecule has 0 N–H and O–H groups in total. The minimum absolute atomic E-state index is 0. The van der Waals surface area contributed by atoms with Crippen molar-refractivity contribution in [2.75, 3.05) is 0 Å². The van der Waals surface area contributed by atoms with Gasteiger partial charge in [0, 0.05) is 100.0 Å². The molecule has 35 valence electrons. The zero-order valence-corrected chi connectivity index (χ0v) is 12.0. The summed E-state index contributed by atoms with van der Waals surface area (Å²) in [5.74, 6) is 0. The van der Waals surface area contributed by atoms with E-state index in [2.05, 4.69) is 0 Å². The van der Waals surface area contributed by atoms with Gasteiger partial charge in [-0.05, 0) is 0 Å². The van der Waals surface area contributed by atoms with Gasteiger partial charge < -0.3 is 0 Å². The Morgan fingerprint density at radius 2 is 1.00 bits per heavy atom. The second-order valence-corrected chi connectivity index (χ2v) is 0. The minimum atomic E-state index is 0. The van der Waals surface area contributed by atoms with Gasteiger partial charge in [0.2, 0.25) is 0 Å². The molecule has 0 atom stereocenters. The van der Waals surface area contributed by atoms with Crippen molar-refractivity contribution in [1.82, 2.24) is 0 Å². The van der Waals surface area contributed by atoms with E-state index in [1.807, 2.05) is 0 Å². The number of rotatable bonds is 0. The van der Waals surface area contributed by atoms with Gasteiger partial charge in [0.1, 0.15) is 0 Å². The largest absolute Gasteiger partial charge is 0 e. The first-order valence-corrected chi connectivity index (χ1v) is 0. The van der Waals surface area contributed by atoms with E-state index >= 15 is 0 Å². The van der Waals surface area contributed by atoms with Crippen LogP contribution >= 0.6 is 0 Å². The molecule has 0 amide bonds. The Balaban J connectivity index is 0. The number of hydrogen-bond donors (Lipinski definition) is 0. The molecule has 0 aliphatic carbocycles. The minimum Gasteiger partial charge on any atom is 0 e. The summed E-state index contributed by atoms with van der Waals surface area (Å²) in [5, 5.41) is 0. The Bertz CT molecular complexity index is 11.6. The van der Waals surface area contributed by atoms with E-state index in [1.165, 1.54) is 0 Å². The summed E-state index contributed by atoms with van der Waals surface area (Å²) in [6, 6.07) is 0. The average molecular weight is 580 g/mol. The van der Waals surface area contributed by atoms with Crippen LogP contribution in [0.15, 0.2) is 0 Å². The molecule has 0 nitrogen and oxygen atoms in total. The molecule has 0 heterocycles. The fourth-order valence-corrected chi connectivity index (χ4v) is 0. The van der Waals surface area contributed by atoms with Gasteiger partial charge in [0.05, 0.1) is 0 Å². The molecule has 0 aliphatic rings. The van der Waals surface area contributed by atoms with Crippen LogP contribution in [0.1, 0.15) is 0 Å². The summed E-state index contributed by atoms with van der Waals surface area (Å²) < 4.78 is 0. The topological polar surface area (TPSA) is 0 Å². The summed E-state index contributed by atoms with van der Waals surface area (Å²) in [6.45, 7) is 0. The normalized spacial score (nSPS) is 0. The maximum absolute atomic E-state index is 0. The zero-order chi connectivity index (χ0) is 0. The van der Waals surface area contributed by atoms with Gasteiger partial charge in [0.15, 0.2) is 0 Å². The van der Waals surface area contributed by atoms with E-state index in [4.69, 9.17) is 0 Å². The van der Waals surface area contributed by atoms with Gasteiger partial charge >= 0.3 is 0 Å². The molecule has 5 heavy (non-hydrogen) atoms. The third kappa shape index (κ3) is 19.0. The molecular formula is CoCrNbPtTa. The third-order valence-electron chi connectivity index (χ3n) is 0. The molecule has 0 saturated carbocycles. The van der Waals surface area contributed by atoms with E-state index in [0.717, 1.165) is 0 Å². The zero-order valence-electron chi connectivity index (χ0n) is 1.95. The molecule has 3 radical (unpaired) electrons. The summed E-state index contributed by atoms with van der Waals surface area (Å²) in [4.78, 5) is 0. The molecule has 0 aromatic rings. The molecule has 0 aliphatic heterocycles. The molecule has 5 heteroatoms. The summed E-state index contributed by atoms with van der Waals surface area (Å²) in [5.41, 5.74) is 0. The predicted molar refractivity (Wildman–Crippen MR) is 0 cm³/mol. The van der Waals surface area contributed by atoms with Crippen molar-refractivity contribution in [3.63, 3.8) is 0 Å². The molecule has 0 unspecified atom stereocenters. The van der Waals surface area contributed by atoms with Gasteiger partial charge in [0.25, 0.3) is 0 Å². The van der Waals surface area contributed by atoms with Crippen LogP contribution in [0.4, 0.5) is 0 Å². The van der Waals surface area contributed by atoms with Gasteiger partial charge in [-0.2, -0.15) is 0 Å². The van der Waals surface area contributed by atoms with Crippen molar-refractivity contribution >= 4 is 0 Å². The van der Waals surface area contributed by atoms with Crippen LogP contribution in [0.25, 0.3) is 0 Å². The van der Waals surface area contributed by atoms with Gasteiger partial charge in [-0.25, -0.2) is 0 Å². The van der Waals surface area contributed by atoms with Crippen molar-refractivity contribution in [1.29, 1.82) is 0 Å². The van der Waals surface area contributed by atoms with Crippen molar-refractivity contribution in [3.8, 4) is 0 Å². The van der Waals surface area contributed by atoms with E-state index in [0.29, 0.717) is 0 Å². The van der Waals surface area contributed by atoms with Gasteiger partial charge in [-0.15, -0.1) is 0 Å². The Morgan fingerprint density at radius 3 is 1.00 bits per heavy atom. The van der Waals surface area contributed by atoms with Crippen molar-refractivity contribution in [2.45, 2.75) is 0 Å². The second-order valence-electron chi connectivity index (χ2n) is 0. The molecule has 0 aromatic carbocycles. The molecule has 0 bridgehead atoms. The predicted octanol–water partition coefficient (Wildman–Crippen LogP) is -0.0125. The maximum Gasteiger partial charge on any atom is 0 e. The monoisotopic (exact) mass is 580 g/mol. The molecule has 0 fully saturated rings. The Hall–Kier alpha value is 3.21. The van der Waals surface area contributed by atoms with Crippen LogP contribution in [0.3, 0.4) is 0 Å². The van der Waals surface area contributed by atoms with Crippen LogP contribution in [0.2, 0.25) is 0 Å². The molecular weight excluding hydrogens is 580 g/mol. The molecule has 0 aromatic heterocycles. The fourth-order valence-electron chi connectivity index (χ4n) is 0. The van der Waals surface area contributed by atoms with E-state index in [9.17, 15) is 0 Å². The second kappa shape index (κ2) is 27.0. The standard InChI is InChI=1S/Co.Cr.Nb.Pt.Ta. The van der Waals surface area contributed by atoms with Crippen LogP contribution in [0.5, 0.6) is 0 Å². The van der Waals surface area contributed by atoms with Crippen LogP contribution in [-0.2, 0) is 100.0 Å². The summed E-state index contributed by atoms with van der Waals surface area (Å²) in [7, 11) is 0. The van der Waals surface area contributed by atoms with E-state index < -0.39 is 0 Å². The van der Waals surface area contributed by atoms with Crippen LogP contribution in [-0.4, -0.2) is 0 Å². The van der Waals surface area contributed by atoms with Gasteiger partial charge in [-0.3, -0.25) is 0 Å². The number of hydrogen-bond acceptors (Lipinski definition) is 0. The van der Waals surface area contributed by atoms with Crippen molar-refractivity contribution < 1.29 is 100.0 Å². The van der Waals surface area contributed by atoms with Crippen LogP contribution in [0, 0.1) is 0 Å².